The maximum absolute atomic E-state index is 12.2. The molecule has 0 amide bonds. The molecule has 0 aliphatic carbocycles. The molecule has 0 saturated carbocycles. The number of nitrogens with one attached hydrogen (secondary N) is 1. The van der Waals surface area contributed by atoms with E-state index >= 15 is 0 Å². The Morgan fingerprint density at radius 1 is 0.826 bits per heavy atom. The molecule has 1 N–H and O–H groups in total. The van der Waals surface area contributed by atoms with Crippen LogP contribution in [0.15, 0.2) is 78.2 Å². The summed E-state index contributed by atoms with van der Waals surface area (Å²) in [5.74, 6) is 1.19. The molecule has 0 fully saturated rings. The van der Waals surface area contributed by atoms with Crippen molar-refractivity contribution in [1.82, 2.24) is 9.97 Å². The first-order valence-corrected chi connectivity index (χ1v) is 8.23. The number of sulfonamides is 1. The summed E-state index contributed by atoms with van der Waals surface area (Å²) in [7, 11) is -3.65. The van der Waals surface area contributed by atoms with E-state index in [2.05, 4.69) is 14.7 Å². The van der Waals surface area contributed by atoms with E-state index in [1.807, 2.05) is 0 Å². The monoisotopic (exact) mass is 327 g/mol. The lowest BCUT2D eigenvalue weighted by molar-refractivity contribution is 0.480. The lowest BCUT2D eigenvalue weighted by atomic mass is 10.3. The van der Waals surface area contributed by atoms with E-state index in [4.69, 9.17) is 4.74 Å². The van der Waals surface area contributed by atoms with Crippen LogP contribution >= 0.6 is 0 Å². The maximum Gasteiger partial charge on any atom is 0.263 e. The van der Waals surface area contributed by atoms with Gasteiger partial charge in [-0.15, -0.1) is 0 Å². The molecule has 2 aromatic heterocycles. The average molecular weight is 327 g/mol. The van der Waals surface area contributed by atoms with Crippen LogP contribution in [0.1, 0.15) is 0 Å². The topological polar surface area (TPSA) is 81.2 Å². The van der Waals surface area contributed by atoms with Gasteiger partial charge in [-0.1, -0.05) is 0 Å². The summed E-state index contributed by atoms with van der Waals surface area (Å²) in [5, 5.41) is 0. The van der Waals surface area contributed by atoms with E-state index in [1.165, 1.54) is 18.5 Å². The molecular weight excluding hydrogens is 314 g/mol. The molecule has 2 heterocycles. The number of pyridine rings is 2. The zero-order chi connectivity index (χ0) is 16.1. The van der Waals surface area contributed by atoms with E-state index in [9.17, 15) is 8.42 Å². The molecule has 1 aromatic carbocycles. The Labute approximate surface area is 133 Å². The van der Waals surface area contributed by atoms with Crippen LogP contribution in [0.3, 0.4) is 0 Å². The van der Waals surface area contributed by atoms with Gasteiger partial charge in [0, 0.05) is 24.3 Å². The molecule has 0 bridgehead atoms. The van der Waals surface area contributed by atoms with Crippen molar-refractivity contribution in [2.75, 3.05) is 4.72 Å². The average Bonchev–Trinajstić information content (AvgIpc) is 2.58. The summed E-state index contributed by atoms with van der Waals surface area (Å²) >= 11 is 0. The highest BCUT2D eigenvalue weighted by Gasteiger charge is 2.13. The van der Waals surface area contributed by atoms with E-state index in [0.29, 0.717) is 17.2 Å². The Bertz CT molecular complexity index is 867. The van der Waals surface area contributed by atoms with Crippen LogP contribution in [0.25, 0.3) is 0 Å². The van der Waals surface area contributed by atoms with Crippen molar-refractivity contribution in [1.29, 1.82) is 0 Å². The van der Waals surface area contributed by atoms with Crippen LogP contribution in [-0.4, -0.2) is 18.4 Å². The molecule has 7 heteroatoms. The summed E-state index contributed by atoms with van der Waals surface area (Å²) in [4.78, 5) is 7.87. The third kappa shape index (κ3) is 3.83. The fraction of sp³-hybridized carbons (Fsp3) is 0. The van der Waals surface area contributed by atoms with Gasteiger partial charge in [0.1, 0.15) is 16.4 Å². The fourth-order valence-electron chi connectivity index (χ4n) is 1.85. The van der Waals surface area contributed by atoms with Crippen molar-refractivity contribution < 1.29 is 13.2 Å². The summed E-state index contributed by atoms with van der Waals surface area (Å²) in [6.07, 6.45) is 6.06. The van der Waals surface area contributed by atoms with Gasteiger partial charge in [0.25, 0.3) is 10.0 Å². The molecule has 6 nitrogen and oxygen atoms in total. The van der Waals surface area contributed by atoms with Crippen LogP contribution in [0.2, 0.25) is 0 Å². The minimum absolute atomic E-state index is 0.107. The summed E-state index contributed by atoms with van der Waals surface area (Å²) < 4.78 is 32.5. The zero-order valence-corrected chi connectivity index (χ0v) is 12.8. The van der Waals surface area contributed by atoms with Crippen molar-refractivity contribution in [2.45, 2.75) is 4.90 Å². The van der Waals surface area contributed by atoms with Crippen LogP contribution in [-0.2, 0) is 10.0 Å². The highest BCUT2D eigenvalue weighted by atomic mass is 32.2. The minimum Gasteiger partial charge on any atom is -0.456 e. The van der Waals surface area contributed by atoms with Crippen molar-refractivity contribution in [3.05, 3.63) is 73.3 Å². The molecule has 3 rings (SSSR count). The Morgan fingerprint density at radius 3 is 2.13 bits per heavy atom. The van der Waals surface area contributed by atoms with Crippen molar-refractivity contribution >= 4 is 15.7 Å². The predicted octanol–water partition coefficient (Wildman–Crippen LogP) is 3.07. The third-order valence-electron chi connectivity index (χ3n) is 2.92. The summed E-state index contributed by atoms with van der Waals surface area (Å²) in [6.45, 7) is 0. The SMILES string of the molecule is O=S(=O)(Nc1ccc(Oc2cccnc2)cc1)c1cccnc1. The number of nitrogens with zero attached hydrogens (tertiary/aromatic N) is 2. The molecule has 0 radical (unpaired) electrons. The zero-order valence-electron chi connectivity index (χ0n) is 12.0. The molecule has 0 atom stereocenters. The Balaban J connectivity index is 1.73. The normalized spacial score (nSPS) is 11.0. The Kier molecular flexibility index (Phi) is 4.20. The molecule has 3 aromatic rings. The van der Waals surface area contributed by atoms with Gasteiger partial charge in [0.15, 0.2) is 0 Å². The second-order valence-corrected chi connectivity index (χ2v) is 6.29. The molecule has 0 saturated heterocycles. The van der Waals surface area contributed by atoms with Gasteiger partial charge in [-0.25, -0.2) is 8.42 Å². The standard InChI is InChI=1S/C16H13N3O3S/c20-23(21,16-4-2-10-18-12-16)19-13-5-7-14(8-6-13)22-15-3-1-9-17-11-15/h1-12,19H. The number of hydrogen-bond donors (Lipinski definition) is 1. The van der Waals surface area contributed by atoms with Gasteiger partial charge in [0.05, 0.1) is 6.20 Å². The first-order chi connectivity index (χ1) is 11.1. The largest absolute Gasteiger partial charge is 0.456 e. The third-order valence-corrected chi connectivity index (χ3v) is 4.29. The Hall–Kier alpha value is -2.93. The molecule has 116 valence electrons. The summed E-state index contributed by atoms with van der Waals surface area (Å²) in [5.41, 5.74) is 0.437. The van der Waals surface area contributed by atoms with E-state index in [-0.39, 0.29) is 4.90 Å². The van der Waals surface area contributed by atoms with Crippen LogP contribution < -0.4 is 9.46 Å². The highest BCUT2D eigenvalue weighted by molar-refractivity contribution is 7.92. The van der Waals surface area contributed by atoms with Gasteiger partial charge >= 0.3 is 0 Å². The first-order valence-electron chi connectivity index (χ1n) is 6.74. The number of aromatic nitrogens is 2. The maximum atomic E-state index is 12.2. The summed E-state index contributed by atoms with van der Waals surface area (Å²) in [6, 6.07) is 13.2. The van der Waals surface area contributed by atoms with Crippen LogP contribution in [0, 0.1) is 0 Å². The van der Waals surface area contributed by atoms with Gasteiger partial charge in [-0.2, -0.15) is 0 Å². The van der Waals surface area contributed by atoms with Crippen LogP contribution in [0.4, 0.5) is 5.69 Å². The number of rotatable bonds is 5. The van der Waals surface area contributed by atoms with Gasteiger partial charge in [0.2, 0.25) is 0 Å². The van der Waals surface area contributed by atoms with Gasteiger partial charge in [-0.05, 0) is 48.5 Å². The lowest BCUT2D eigenvalue weighted by Gasteiger charge is -2.09. The Morgan fingerprint density at radius 2 is 1.52 bits per heavy atom. The van der Waals surface area contributed by atoms with Crippen LogP contribution in [0.5, 0.6) is 11.5 Å². The van der Waals surface area contributed by atoms with Crippen molar-refractivity contribution in [3.8, 4) is 11.5 Å². The second-order valence-electron chi connectivity index (χ2n) is 4.61. The highest BCUT2D eigenvalue weighted by Crippen LogP contribution is 2.23. The minimum atomic E-state index is -3.65. The molecular formula is C16H13N3O3S. The molecule has 0 spiro atoms. The van der Waals surface area contributed by atoms with Crippen molar-refractivity contribution in [3.63, 3.8) is 0 Å². The molecule has 0 aliphatic rings. The first kappa shape index (κ1) is 15.0. The lowest BCUT2D eigenvalue weighted by Crippen LogP contribution is -2.12. The molecule has 23 heavy (non-hydrogen) atoms. The number of anilines is 1. The quantitative estimate of drug-likeness (QED) is 0.779. The fourth-order valence-corrected chi connectivity index (χ4v) is 2.88. The smallest absolute Gasteiger partial charge is 0.263 e. The van der Waals surface area contributed by atoms with E-state index in [1.54, 1.807) is 54.9 Å². The molecule has 0 unspecified atom stereocenters. The number of ether oxygens (including phenoxy) is 1. The molecule has 0 aliphatic heterocycles. The van der Waals surface area contributed by atoms with Gasteiger partial charge < -0.3 is 4.74 Å². The van der Waals surface area contributed by atoms with Crippen molar-refractivity contribution in [2.24, 2.45) is 0 Å². The van der Waals surface area contributed by atoms with E-state index < -0.39 is 10.0 Å². The van der Waals surface area contributed by atoms with E-state index in [0.717, 1.165) is 0 Å². The number of hydrogen-bond acceptors (Lipinski definition) is 5. The predicted molar refractivity (Wildman–Crippen MR) is 85.8 cm³/mol. The second kappa shape index (κ2) is 6.45. The van der Waals surface area contributed by atoms with Gasteiger partial charge in [-0.3, -0.25) is 14.7 Å². The number of benzene rings is 1.